The molecular weight excluding hydrogens is 372 g/mol. The molecule has 0 fully saturated rings. The smallest absolute Gasteiger partial charge is 0.298 e. The third-order valence-corrected chi connectivity index (χ3v) is 6.22. The molecule has 3 aromatic carbocycles. The average molecular weight is 397 g/mol. The van der Waals surface area contributed by atoms with Gasteiger partial charge < -0.3 is 5.11 Å². The summed E-state index contributed by atoms with van der Waals surface area (Å²) < 4.78 is 32.5. The van der Waals surface area contributed by atoms with E-state index in [1.165, 1.54) is 17.7 Å². The summed E-state index contributed by atoms with van der Waals surface area (Å²) in [4.78, 5) is -0.464. The van der Waals surface area contributed by atoms with E-state index in [1.54, 1.807) is 6.07 Å². The predicted molar refractivity (Wildman–Crippen MR) is 110 cm³/mol. The molecule has 3 aromatic rings. The van der Waals surface area contributed by atoms with Gasteiger partial charge in [-0.3, -0.25) is 4.55 Å². The largest absolute Gasteiger partial charge is 0.506 e. The van der Waals surface area contributed by atoms with Crippen molar-refractivity contribution in [3.63, 3.8) is 0 Å². The summed E-state index contributed by atoms with van der Waals surface area (Å²) in [5, 5.41) is 9.82. The second kappa shape index (κ2) is 7.78. The maximum absolute atomic E-state index is 11.6. The normalized spacial score (nSPS) is 13.2. The minimum atomic E-state index is -4.49. The molecular formula is C23H24O4S. The highest BCUT2D eigenvalue weighted by molar-refractivity contribution is 7.86. The van der Waals surface area contributed by atoms with Crippen LogP contribution in [0.15, 0.2) is 83.8 Å². The van der Waals surface area contributed by atoms with Crippen molar-refractivity contribution in [2.24, 2.45) is 0 Å². The number of phenolic OH excluding ortho intramolecular Hbond substituents is 1. The standard InChI is InChI=1S/C23H24O4S/c1-23(2,19-11-7-4-8-12-19)20(18-9-5-3-6-10-18)15-17-13-14-21(24)22(16-17)28(25,26)27/h3-14,16,20,24H,15H2,1-2H3,(H,25,26,27). The molecule has 2 N–H and O–H groups in total. The number of benzene rings is 3. The minimum Gasteiger partial charge on any atom is -0.506 e. The highest BCUT2D eigenvalue weighted by Gasteiger charge is 2.33. The molecule has 28 heavy (non-hydrogen) atoms. The lowest BCUT2D eigenvalue weighted by molar-refractivity contribution is 0.407. The summed E-state index contributed by atoms with van der Waals surface area (Å²) in [6.45, 7) is 4.34. The Morgan fingerprint density at radius 2 is 1.46 bits per heavy atom. The van der Waals surface area contributed by atoms with Crippen LogP contribution in [0.2, 0.25) is 0 Å². The van der Waals surface area contributed by atoms with Crippen molar-refractivity contribution < 1.29 is 18.1 Å². The van der Waals surface area contributed by atoms with Gasteiger partial charge >= 0.3 is 0 Å². The first kappa shape index (κ1) is 20.1. The summed E-state index contributed by atoms with van der Waals surface area (Å²) in [6, 6.07) is 24.6. The molecule has 0 saturated carbocycles. The van der Waals surface area contributed by atoms with Gasteiger partial charge in [-0.2, -0.15) is 8.42 Å². The molecule has 5 heteroatoms. The van der Waals surface area contributed by atoms with Gasteiger partial charge in [0.25, 0.3) is 10.1 Å². The van der Waals surface area contributed by atoms with Crippen molar-refractivity contribution in [1.29, 1.82) is 0 Å². The molecule has 1 unspecified atom stereocenters. The van der Waals surface area contributed by atoms with E-state index in [0.717, 1.165) is 11.1 Å². The zero-order valence-electron chi connectivity index (χ0n) is 15.9. The van der Waals surface area contributed by atoms with E-state index >= 15 is 0 Å². The summed E-state index contributed by atoms with van der Waals surface area (Å²) in [5.41, 5.74) is 2.80. The number of hydrogen-bond acceptors (Lipinski definition) is 3. The molecule has 146 valence electrons. The summed E-state index contributed by atoms with van der Waals surface area (Å²) in [7, 11) is -4.49. The Morgan fingerprint density at radius 3 is 2.04 bits per heavy atom. The van der Waals surface area contributed by atoms with Crippen molar-refractivity contribution >= 4 is 10.1 Å². The molecule has 0 heterocycles. The van der Waals surface area contributed by atoms with Gasteiger partial charge in [-0.1, -0.05) is 80.6 Å². The van der Waals surface area contributed by atoms with E-state index in [-0.39, 0.29) is 11.3 Å². The van der Waals surface area contributed by atoms with Gasteiger partial charge in [0.1, 0.15) is 10.6 Å². The van der Waals surface area contributed by atoms with Crippen LogP contribution in [0.1, 0.15) is 36.5 Å². The van der Waals surface area contributed by atoms with E-state index in [9.17, 15) is 18.1 Å². The van der Waals surface area contributed by atoms with Crippen LogP contribution in [0.4, 0.5) is 0 Å². The first-order valence-corrected chi connectivity index (χ1v) is 10.5. The lowest BCUT2D eigenvalue weighted by atomic mass is 9.68. The van der Waals surface area contributed by atoms with Crippen LogP contribution in [-0.2, 0) is 22.0 Å². The molecule has 0 aliphatic carbocycles. The van der Waals surface area contributed by atoms with Crippen molar-refractivity contribution in [3.8, 4) is 5.75 Å². The van der Waals surface area contributed by atoms with Crippen LogP contribution in [0.25, 0.3) is 0 Å². The van der Waals surface area contributed by atoms with E-state index in [1.807, 2.05) is 36.4 Å². The van der Waals surface area contributed by atoms with Gasteiger partial charge in [0, 0.05) is 0 Å². The van der Waals surface area contributed by atoms with Crippen LogP contribution in [-0.4, -0.2) is 18.1 Å². The average Bonchev–Trinajstić information content (AvgIpc) is 2.67. The van der Waals surface area contributed by atoms with Crippen molar-refractivity contribution in [3.05, 3.63) is 95.6 Å². The lowest BCUT2D eigenvalue weighted by Crippen LogP contribution is -2.28. The van der Waals surface area contributed by atoms with Crippen LogP contribution < -0.4 is 0 Å². The minimum absolute atomic E-state index is 0.0508. The molecule has 0 spiro atoms. The Labute approximate surface area is 166 Å². The van der Waals surface area contributed by atoms with Crippen LogP contribution in [0, 0.1) is 0 Å². The second-order valence-corrected chi connectivity index (χ2v) is 8.92. The van der Waals surface area contributed by atoms with Crippen molar-refractivity contribution in [1.82, 2.24) is 0 Å². The molecule has 0 aromatic heterocycles. The number of hydrogen-bond donors (Lipinski definition) is 2. The Bertz CT molecular complexity index is 1040. The highest BCUT2D eigenvalue weighted by atomic mass is 32.2. The van der Waals surface area contributed by atoms with E-state index in [4.69, 9.17) is 0 Å². The van der Waals surface area contributed by atoms with E-state index in [2.05, 4.69) is 38.1 Å². The molecule has 0 amide bonds. The van der Waals surface area contributed by atoms with Crippen LogP contribution >= 0.6 is 0 Å². The molecule has 4 nitrogen and oxygen atoms in total. The van der Waals surface area contributed by atoms with Crippen molar-refractivity contribution in [2.75, 3.05) is 0 Å². The summed E-state index contributed by atoms with van der Waals surface area (Å²) in [6.07, 6.45) is 0.550. The van der Waals surface area contributed by atoms with Gasteiger partial charge in [0.15, 0.2) is 0 Å². The molecule has 0 radical (unpaired) electrons. The molecule has 0 aliphatic heterocycles. The molecule has 1 atom stereocenters. The molecule has 0 aliphatic rings. The SMILES string of the molecule is CC(C)(c1ccccc1)C(Cc1ccc(O)c(S(=O)(=O)O)c1)c1ccccc1. The Kier molecular flexibility index (Phi) is 5.59. The Hall–Kier alpha value is -2.63. The highest BCUT2D eigenvalue weighted by Crippen LogP contribution is 2.41. The number of aromatic hydroxyl groups is 1. The lowest BCUT2D eigenvalue weighted by Gasteiger charge is -2.36. The monoisotopic (exact) mass is 396 g/mol. The van der Waals surface area contributed by atoms with Gasteiger partial charge in [0.05, 0.1) is 0 Å². The summed E-state index contributed by atoms with van der Waals surface area (Å²) in [5.74, 6) is -0.403. The quantitative estimate of drug-likeness (QED) is 0.579. The van der Waals surface area contributed by atoms with Crippen LogP contribution in [0.3, 0.4) is 0 Å². The fraction of sp³-hybridized carbons (Fsp3) is 0.217. The zero-order chi connectivity index (χ0) is 20.4. The van der Waals surface area contributed by atoms with E-state index < -0.39 is 20.8 Å². The molecule has 0 saturated heterocycles. The zero-order valence-corrected chi connectivity index (χ0v) is 16.7. The Balaban J connectivity index is 2.07. The molecule has 3 rings (SSSR count). The fourth-order valence-corrected chi connectivity index (χ4v) is 4.30. The topological polar surface area (TPSA) is 74.6 Å². The predicted octanol–water partition coefficient (Wildman–Crippen LogP) is 4.94. The first-order chi connectivity index (χ1) is 13.2. The maximum atomic E-state index is 11.6. The third-order valence-electron chi connectivity index (χ3n) is 5.33. The fourth-order valence-electron chi connectivity index (χ4n) is 3.67. The number of rotatable bonds is 6. The first-order valence-electron chi connectivity index (χ1n) is 9.09. The van der Waals surface area contributed by atoms with Gasteiger partial charge in [-0.15, -0.1) is 0 Å². The van der Waals surface area contributed by atoms with Crippen molar-refractivity contribution in [2.45, 2.75) is 36.5 Å². The Morgan fingerprint density at radius 1 is 0.893 bits per heavy atom. The molecule has 0 bridgehead atoms. The van der Waals surface area contributed by atoms with Gasteiger partial charge in [-0.25, -0.2) is 0 Å². The van der Waals surface area contributed by atoms with Gasteiger partial charge in [-0.05, 0) is 46.6 Å². The number of phenols is 1. The maximum Gasteiger partial charge on any atom is 0.298 e. The summed E-state index contributed by atoms with van der Waals surface area (Å²) >= 11 is 0. The van der Waals surface area contributed by atoms with E-state index in [0.29, 0.717) is 6.42 Å². The van der Waals surface area contributed by atoms with Gasteiger partial charge in [0.2, 0.25) is 0 Å². The van der Waals surface area contributed by atoms with Crippen LogP contribution in [0.5, 0.6) is 5.75 Å². The second-order valence-electron chi connectivity index (χ2n) is 7.53. The third kappa shape index (κ3) is 4.26.